The number of aromatic nitrogens is 3. The molecule has 7 heteroatoms. The van der Waals surface area contributed by atoms with E-state index in [1.165, 1.54) is 18.5 Å². The molecule has 0 fully saturated rings. The molecule has 0 saturated heterocycles. The second kappa shape index (κ2) is 9.85. The molecule has 0 aliphatic rings. The van der Waals surface area contributed by atoms with Crippen LogP contribution in [0.15, 0.2) is 42.7 Å². The molecule has 6 nitrogen and oxygen atoms in total. The Balaban J connectivity index is 0.00000280. The number of likely N-dealkylation sites (N-methyl/N-ethyl adjacent to an activating group) is 1. The number of nitrogens with one attached hydrogen (secondary N) is 1. The summed E-state index contributed by atoms with van der Waals surface area (Å²) in [6, 6.07) is 8.95. The highest BCUT2D eigenvalue weighted by Crippen LogP contribution is 2.11. The first-order valence-electron chi connectivity index (χ1n) is 8.89. The highest BCUT2D eigenvalue weighted by molar-refractivity contribution is 5.93. The fraction of sp³-hybridized carbons (Fsp3) is 0.333. The average Bonchev–Trinajstić information content (AvgIpc) is 2.66. The number of amides is 1. The van der Waals surface area contributed by atoms with Crippen LogP contribution in [0.25, 0.3) is 11.0 Å². The quantitative estimate of drug-likeness (QED) is 0.634. The van der Waals surface area contributed by atoms with E-state index < -0.39 is 5.95 Å². The molecule has 0 atom stereocenters. The second-order valence-corrected chi connectivity index (χ2v) is 6.36. The molecule has 1 N–H and O–H groups in total. The number of hydrogen-bond donors (Lipinski definition) is 1. The Morgan fingerprint density at radius 2 is 2.00 bits per heavy atom. The summed E-state index contributed by atoms with van der Waals surface area (Å²) in [4.78, 5) is 26.7. The van der Waals surface area contributed by atoms with Gasteiger partial charge < -0.3 is 5.32 Å². The van der Waals surface area contributed by atoms with Crippen molar-refractivity contribution in [3.63, 3.8) is 0 Å². The monoisotopic (exact) mass is 383 g/mol. The van der Waals surface area contributed by atoms with Gasteiger partial charge in [-0.05, 0) is 48.9 Å². The minimum Gasteiger partial charge on any atom is -0.349 e. The lowest BCUT2D eigenvalue weighted by atomic mass is 10.2. The standard InChI is InChI=1S/C20H22FN5O.CH4/c1-3-26(13-15-6-7-22-19(21)11-15)9-8-23-20(27)18-12-24-17-10-14(2)4-5-16(17)25-18;/h4-7,10-12H,3,8-9,13H2,1-2H3,(H,23,27);1H4. The van der Waals surface area contributed by atoms with E-state index in [-0.39, 0.29) is 13.3 Å². The van der Waals surface area contributed by atoms with E-state index in [0.29, 0.717) is 30.8 Å². The van der Waals surface area contributed by atoms with Gasteiger partial charge in [-0.2, -0.15) is 4.39 Å². The number of benzene rings is 1. The number of pyridine rings is 1. The van der Waals surface area contributed by atoms with Gasteiger partial charge in [-0.25, -0.2) is 9.97 Å². The highest BCUT2D eigenvalue weighted by atomic mass is 19.1. The molecule has 2 aromatic heterocycles. The van der Waals surface area contributed by atoms with E-state index in [1.54, 1.807) is 6.07 Å². The molecule has 0 radical (unpaired) electrons. The van der Waals surface area contributed by atoms with E-state index in [1.807, 2.05) is 32.0 Å². The summed E-state index contributed by atoms with van der Waals surface area (Å²) in [5.74, 6) is -0.738. The number of halogens is 1. The molecule has 2 heterocycles. The summed E-state index contributed by atoms with van der Waals surface area (Å²) in [5.41, 5.74) is 3.72. The van der Waals surface area contributed by atoms with Gasteiger partial charge in [0, 0.05) is 25.8 Å². The molecular formula is C21H26FN5O. The zero-order valence-electron chi connectivity index (χ0n) is 15.4. The number of hydrogen-bond acceptors (Lipinski definition) is 5. The van der Waals surface area contributed by atoms with Crippen molar-refractivity contribution in [2.75, 3.05) is 19.6 Å². The Kier molecular flexibility index (Phi) is 7.52. The van der Waals surface area contributed by atoms with E-state index in [9.17, 15) is 9.18 Å². The van der Waals surface area contributed by atoms with Crippen LogP contribution in [-0.2, 0) is 6.54 Å². The van der Waals surface area contributed by atoms with Crippen molar-refractivity contribution in [3.05, 3.63) is 65.5 Å². The Morgan fingerprint density at radius 1 is 1.18 bits per heavy atom. The molecule has 148 valence electrons. The highest BCUT2D eigenvalue weighted by Gasteiger charge is 2.10. The van der Waals surface area contributed by atoms with Gasteiger partial charge in [0.1, 0.15) is 5.69 Å². The lowest BCUT2D eigenvalue weighted by Crippen LogP contribution is -2.35. The van der Waals surface area contributed by atoms with Crippen molar-refractivity contribution in [2.45, 2.75) is 27.8 Å². The second-order valence-electron chi connectivity index (χ2n) is 6.36. The third kappa shape index (κ3) is 5.53. The molecule has 3 rings (SSSR count). The topological polar surface area (TPSA) is 71.0 Å². The van der Waals surface area contributed by atoms with Crippen LogP contribution in [0.3, 0.4) is 0 Å². The van der Waals surface area contributed by atoms with Crippen molar-refractivity contribution in [2.24, 2.45) is 0 Å². The van der Waals surface area contributed by atoms with Crippen molar-refractivity contribution in [1.82, 2.24) is 25.2 Å². The number of nitrogens with zero attached hydrogens (tertiary/aromatic N) is 4. The van der Waals surface area contributed by atoms with Gasteiger partial charge in [0.15, 0.2) is 0 Å². The smallest absolute Gasteiger partial charge is 0.271 e. The maximum Gasteiger partial charge on any atom is 0.271 e. The van der Waals surface area contributed by atoms with E-state index in [0.717, 1.165) is 23.2 Å². The van der Waals surface area contributed by atoms with E-state index >= 15 is 0 Å². The summed E-state index contributed by atoms with van der Waals surface area (Å²) in [6.07, 6.45) is 2.95. The molecule has 28 heavy (non-hydrogen) atoms. The van der Waals surface area contributed by atoms with Crippen LogP contribution < -0.4 is 5.32 Å². The van der Waals surface area contributed by atoms with Gasteiger partial charge in [0.05, 0.1) is 17.2 Å². The molecule has 0 aliphatic carbocycles. The third-order valence-corrected chi connectivity index (χ3v) is 4.29. The predicted molar refractivity (Wildman–Crippen MR) is 108 cm³/mol. The molecule has 0 spiro atoms. The van der Waals surface area contributed by atoms with E-state index in [4.69, 9.17) is 0 Å². The number of carbonyl (C=O) groups excluding carboxylic acids is 1. The van der Waals surface area contributed by atoms with Crippen LogP contribution in [0.2, 0.25) is 0 Å². The molecule has 0 bridgehead atoms. The average molecular weight is 383 g/mol. The summed E-state index contributed by atoms with van der Waals surface area (Å²) < 4.78 is 13.2. The molecule has 0 unspecified atom stereocenters. The summed E-state index contributed by atoms with van der Waals surface area (Å²) in [7, 11) is 0. The van der Waals surface area contributed by atoms with Crippen LogP contribution in [0.5, 0.6) is 0 Å². The van der Waals surface area contributed by atoms with Gasteiger partial charge in [-0.15, -0.1) is 0 Å². The number of rotatable bonds is 7. The fourth-order valence-corrected chi connectivity index (χ4v) is 2.80. The SMILES string of the molecule is C.CCN(CCNC(=O)c1cnc2cc(C)ccc2n1)Cc1ccnc(F)c1. The number of aryl methyl sites for hydroxylation is 1. The van der Waals surface area contributed by atoms with Crippen molar-refractivity contribution in [3.8, 4) is 0 Å². The van der Waals surface area contributed by atoms with Crippen molar-refractivity contribution < 1.29 is 9.18 Å². The first-order chi connectivity index (χ1) is 13.0. The minimum atomic E-state index is -0.484. The van der Waals surface area contributed by atoms with Crippen molar-refractivity contribution in [1.29, 1.82) is 0 Å². The lowest BCUT2D eigenvalue weighted by molar-refractivity contribution is 0.0943. The summed E-state index contributed by atoms with van der Waals surface area (Å²) in [6.45, 7) is 6.51. The molecule has 3 aromatic rings. The first kappa shape index (κ1) is 21.4. The zero-order chi connectivity index (χ0) is 19.2. The zero-order valence-corrected chi connectivity index (χ0v) is 15.4. The molecule has 0 aliphatic heterocycles. The minimum absolute atomic E-state index is 0. The first-order valence-corrected chi connectivity index (χ1v) is 8.89. The fourth-order valence-electron chi connectivity index (χ4n) is 2.80. The maximum absolute atomic E-state index is 13.2. The van der Waals surface area contributed by atoms with Gasteiger partial charge >= 0.3 is 0 Å². The van der Waals surface area contributed by atoms with Gasteiger partial charge in [0.2, 0.25) is 5.95 Å². The Morgan fingerprint density at radius 3 is 2.75 bits per heavy atom. The molecular weight excluding hydrogens is 357 g/mol. The van der Waals surface area contributed by atoms with Crippen LogP contribution in [0.1, 0.15) is 36.0 Å². The third-order valence-electron chi connectivity index (χ3n) is 4.29. The summed E-state index contributed by atoms with van der Waals surface area (Å²) in [5, 5.41) is 2.87. The van der Waals surface area contributed by atoms with E-state index in [2.05, 4.69) is 25.2 Å². The number of fused-ring (bicyclic) bond motifs is 1. The Bertz CT molecular complexity index is 947. The Labute approximate surface area is 164 Å². The molecule has 1 aromatic carbocycles. The van der Waals surface area contributed by atoms with Crippen LogP contribution >= 0.6 is 0 Å². The molecule has 1 amide bonds. The van der Waals surface area contributed by atoms with Crippen molar-refractivity contribution >= 4 is 16.9 Å². The Hall–Kier alpha value is -2.93. The largest absolute Gasteiger partial charge is 0.349 e. The normalized spacial score (nSPS) is 10.7. The maximum atomic E-state index is 13.2. The van der Waals surface area contributed by atoms with Crippen LogP contribution in [-0.4, -0.2) is 45.4 Å². The van der Waals surface area contributed by atoms with Gasteiger partial charge in [-0.3, -0.25) is 14.7 Å². The number of carbonyl (C=O) groups is 1. The lowest BCUT2D eigenvalue weighted by Gasteiger charge is -2.20. The summed E-state index contributed by atoms with van der Waals surface area (Å²) >= 11 is 0. The van der Waals surface area contributed by atoms with Gasteiger partial charge in [0.25, 0.3) is 5.91 Å². The molecule has 0 saturated carbocycles. The van der Waals surface area contributed by atoms with Crippen LogP contribution in [0.4, 0.5) is 4.39 Å². The van der Waals surface area contributed by atoms with Crippen LogP contribution in [0, 0.1) is 12.9 Å². The predicted octanol–water partition coefficient (Wildman–Crippen LogP) is 3.36. The van der Waals surface area contributed by atoms with Gasteiger partial charge in [-0.1, -0.05) is 20.4 Å².